The largest absolute Gasteiger partial charge is 0.373 e. The van der Waals surface area contributed by atoms with Gasteiger partial charge in [-0.1, -0.05) is 13.8 Å². The van der Waals surface area contributed by atoms with Crippen LogP contribution in [0.3, 0.4) is 0 Å². The van der Waals surface area contributed by atoms with E-state index in [4.69, 9.17) is 0 Å². The second kappa shape index (κ2) is 5.34. The molecule has 0 aliphatic heterocycles. The summed E-state index contributed by atoms with van der Waals surface area (Å²) in [5.41, 5.74) is 1.10. The van der Waals surface area contributed by atoms with Crippen LogP contribution in [-0.4, -0.2) is 31.8 Å². The highest BCUT2D eigenvalue weighted by molar-refractivity contribution is 7.99. The topological polar surface area (TPSA) is 68.5 Å². The van der Waals surface area contributed by atoms with Crippen LogP contribution in [0.5, 0.6) is 0 Å². The highest BCUT2D eigenvalue weighted by atomic mass is 32.2. The van der Waals surface area contributed by atoms with Crippen LogP contribution in [0.15, 0.2) is 22.8 Å². The highest BCUT2D eigenvalue weighted by Gasteiger charge is 2.16. The lowest BCUT2D eigenvalue weighted by atomic mass is 10.1. The molecule has 18 heavy (non-hydrogen) atoms. The molecule has 2 heterocycles. The van der Waals surface area contributed by atoms with Gasteiger partial charge in [0.25, 0.3) is 0 Å². The Balaban J connectivity index is 2.41. The first kappa shape index (κ1) is 12.8. The van der Waals surface area contributed by atoms with E-state index < -0.39 is 0 Å². The summed E-state index contributed by atoms with van der Waals surface area (Å²) >= 11 is 1.50. The molecule has 7 heteroatoms. The number of rotatable bonds is 4. The molecule has 0 aliphatic rings. The van der Waals surface area contributed by atoms with Crippen LogP contribution >= 0.6 is 11.8 Å². The summed E-state index contributed by atoms with van der Waals surface area (Å²) in [6.07, 6.45) is 3.11. The van der Waals surface area contributed by atoms with Crippen molar-refractivity contribution in [3.05, 3.63) is 18.2 Å². The lowest BCUT2D eigenvalue weighted by molar-refractivity contribution is 0.683. The fraction of sp³-hybridized carbons (Fsp3) is 0.455. The van der Waals surface area contributed by atoms with Crippen molar-refractivity contribution in [1.29, 1.82) is 0 Å². The van der Waals surface area contributed by atoms with Crippen LogP contribution in [-0.2, 0) is 7.05 Å². The van der Waals surface area contributed by atoms with Crippen molar-refractivity contribution < 1.29 is 0 Å². The Hall–Kier alpha value is -1.63. The van der Waals surface area contributed by atoms with Gasteiger partial charge < -0.3 is 5.32 Å². The van der Waals surface area contributed by atoms with E-state index in [0.717, 1.165) is 21.6 Å². The molecule has 0 atom stereocenters. The second-order valence-electron chi connectivity index (χ2n) is 4.11. The molecule has 0 aromatic carbocycles. The van der Waals surface area contributed by atoms with Crippen molar-refractivity contribution in [3.63, 3.8) is 0 Å². The molecule has 0 amide bonds. The first-order valence-electron chi connectivity index (χ1n) is 5.68. The summed E-state index contributed by atoms with van der Waals surface area (Å²) < 4.78 is 1.73. The minimum Gasteiger partial charge on any atom is -0.373 e. The normalized spacial score (nSPS) is 10.9. The first-order chi connectivity index (χ1) is 8.63. The molecule has 0 saturated heterocycles. The van der Waals surface area contributed by atoms with Gasteiger partial charge in [0.2, 0.25) is 0 Å². The van der Waals surface area contributed by atoms with Crippen LogP contribution in [0.1, 0.15) is 25.3 Å². The smallest absolute Gasteiger partial charge is 0.192 e. The minimum absolute atomic E-state index is 0.337. The monoisotopic (exact) mass is 264 g/mol. The third kappa shape index (κ3) is 2.45. The molecule has 0 spiro atoms. The minimum atomic E-state index is 0.337. The Kier molecular flexibility index (Phi) is 3.81. The quantitative estimate of drug-likeness (QED) is 0.851. The number of nitrogens with zero attached hydrogens (tertiary/aromatic N) is 5. The molecule has 0 fully saturated rings. The van der Waals surface area contributed by atoms with Gasteiger partial charge in [0.15, 0.2) is 5.16 Å². The van der Waals surface area contributed by atoms with Gasteiger partial charge in [-0.25, -0.2) is 19.6 Å². The summed E-state index contributed by atoms with van der Waals surface area (Å²) in [7, 11) is 3.73. The lowest BCUT2D eigenvalue weighted by Crippen LogP contribution is -2.04. The van der Waals surface area contributed by atoms with E-state index in [9.17, 15) is 0 Å². The molecule has 0 saturated carbocycles. The molecule has 0 radical (unpaired) electrons. The molecule has 2 aromatic rings. The molecule has 2 rings (SSSR count). The predicted molar refractivity (Wildman–Crippen MR) is 70.8 cm³/mol. The van der Waals surface area contributed by atoms with Crippen molar-refractivity contribution in [2.75, 3.05) is 12.4 Å². The molecular weight excluding hydrogens is 248 g/mol. The first-order valence-corrected chi connectivity index (χ1v) is 6.49. The molecule has 0 unspecified atom stereocenters. The summed E-state index contributed by atoms with van der Waals surface area (Å²) in [5.74, 6) is 1.20. The zero-order valence-electron chi connectivity index (χ0n) is 10.9. The summed E-state index contributed by atoms with van der Waals surface area (Å²) in [6, 6.07) is 0. The fourth-order valence-corrected chi connectivity index (χ4v) is 2.64. The summed E-state index contributed by atoms with van der Waals surface area (Å²) in [5, 5.41) is 8.89. The summed E-state index contributed by atoms with van der Waals surface area (Å²) in [4.78, 5) is 12.8. The van der Waals surface area contributed by atoms with Gasteiger partial charge in [-0.05, 0) is 17.7 Å². The van der Waals surface area contributed by atoms with Crippen LogP contribution < -0.4 is 5.32 Å². The zero-order valence-corrected chi connectivity index (χ0v) is 11.7. The Morgan fingerprint density at radius 3 is 2.56 bits per heavy atom. The number of hydrogen-bond acceptors (Lipinski definition) is 6. The maximum atomic E-state index is 4.36. The van der Waals surface area contributed by atoms with Crippen molar-refractivity contribution in [1.82, 2.24) is 24.7 Å². The highest BCUT2D eigenvalue weighted by Crippen LogP contribution is 2.33. The van der Waals surface area contributed by atoms with E-state index in [1.54, 1.807) is 11.0 Å². The average molecular weight is 264 g/mol. The Morgan fingerprint density at radius 2 is 2.00 bits per heavy atom. The molecule has 0 aliphatic carbocycles. The SMILES string of the molecule is CNc1ncnc(Sc2ncnn2C)c1C(C)C. The van der Waals surface area contributed by atoms with Gasteiger partial charge in [0.1, 0.15) is 23.5 Å². The average Bonchev–Trinajstić information content (AvgIpc) is 2.74. The molecule has 1 N–H and O–H groups in total. The second-order valence-corrected chi connectivity index (χ2v) is 5.07. The Morgan fingerprint density at radius 1 is 1.22 bits per heavy atom. The van der Waals surface area contributed by atoms with Crippen molar-refractivity contribution in [3.8, 4) is 0 Å². The zero-order chi connectivity index (χ0) is 13.1. The van der Waals surface area contributed by atoms with E-state index in [1.807, 2.05) is 14.1 Å². The predicted octanol–water partition coefficient (Wildman–Crippen LogP) is 1.92. The van der Waals surface area contributed by atoms with Crippen molar-refractivity contribution >= 4 is 17.6 Å². The van der Waals surface area contributed by atoms with Gasteiger partial charge in [-0.3, -0.25) is 0 Å². The van der Waals surface area contributed by atoms with E-state index in [-0.39, 0.29) is 0 Å². The molecule has 96 valence electrons. The third-order valence-electron chi connectivity index (χ3n) is 2.52. The number of anilines is 1. The van der Waals surface area contributed by atoms with E-state index in [2.05, 4.69) is 39.2 Å². The van der Waals surface area contributed by atoms with E-state index in [1.165, 1.54) is 18.1 Å². The standard InChI is InChI=1S/C11H16N6S/c1-7(2)8-9(12-3)13-5-14-10(8)18-11-15-6-16-17(11)4/h5-7H,1-4H3,(H,12,13,14). The van der Waals surface area contributed by atoms with E-state index >= 15 is 0 Å². The number of nitrogens with one attached hydrogen (secondary N) is 1. The molecule has 6 nitrogen and oxygen atoms in total. The van der Waals surface area contributed by atoms with Crippen LogP contribution in [0, 0.1) is 0 Å². The van der Waals surface area contributed by atoms with E-state index in [0.29, 0.717) is 5.92 Å². The Bertz CT molecular complexity index is 536. The van der Waals surface area contributed by atoms with Crippen LogP contribution in [0.25, 0.3) is 0 Å². The molecule has 0 bridgehead atoms. The fourth-order valence-electron chi connectivity index (χ4n) is 1.64. The lowest BCUT2D eigenvalue weighted by Gasteiger charge is -2.14. The maximum absolute atomic E-state index is 4.36. The number of aryl methyl sites for hydroxylation is 1. The third-order valence-corrected chi connectivity index (χ3v) is 3.59. The number of aromatic nitrogens is 5. The van der Waals surface area contributed by atoms with Crippen molar-refractivity contribution in [2.45, 2.75) is 29.9 Å². The molecular formula is C11H16N6S. The van der Waals surface area contributed by atoms with Crippen molar-refractivity contribution in [2.24, 2.45) is 7.05 Å². The van der Waals surface area contributed by atoms with Gasteiger partial charge in [-0.15, -0.1) is 0 Å². The van der Waals surface area contributed by atoms with Gasteiger partial charge in [0.05, 0.1) is 0 Å². The maximum Gasteiger partial charge on any atom is 0.192 e. The van der Waals surface area contributed by atoms with Crippen LogP contribution in [0.4, 0.5) is 5.82 Å². The van der Waals surface area contributed by atoms with Gasteiger partial charge >= 0.3 is 0 Å². The van der Waals surface area contributed by atoms with Crippen LogP contribution in [0.2, 0.25) is 0 Å². The van der Waals surface area contributed by atoms with Gasteiger partial charge in [-0.2, -0.15) is 5.10 Å². The summed E-state index contributed by atoms with van der Waals surface area (Å²) in [6.45, 7) is 4.25. The molecule has 2 aromatic heterocycles. The number of hydrogen-bond donors (Lipinski definition) is 1. The Labute approximate surface area is 110 Å². The van der Waals surface area contributed by atoms with Gasteiger partial charge in [0, 0.05) is 19.7 Å².